The van der Waals surface area contributed by atoms with Gasteiger partial charge < -0.3 is 10.8 Å². The zero-order valence-corrected chi connectivity index (χ0v) is 23.7. The van der Waals surface area contributed by atoms with Crippen molar-refractivity contribution in [1.29, 1.82) is 0 Å². The van der Waals surface area contributed by atoms with Gasteiger partial charge in [0, 0.05) is 12.4 Å². The standard InChI is InChI=1S/2C10H13N5.2CNS.Cu/c2*1-10(2,3)15-13-9(12-14-15)8-6-4-5-7-11-8;2*2-1-3;/h2*4-7H,1-3H3;;;/q;;2*-1;+2. The van der Waals surface area contributed by atoms with Crippen molar-refractivity contribution in [3.63, 3.8) is 0 Å². The molecule has 0 atom stereocenters. The van der Waals surface area contributed by atoms with E-state index in [2.05, 4.69) is 65.2 Å². The third-order valence-corrected chi connectivity index (χ3v) is 3.82. The number of hydrogen-bond donors (Lipinski definition) is 0. The van der Waals surface area contributed by atoms with E-state index in [1.165, 1.54) is 10.3 Å². The van der Waals surface area contributed by atoms with Crippen LogP contribution in [0.1, 0.15) is 41.5 Å². The molecule has 0 aromatic carbocycles. The first-order valence-corrected chi connectivity index (χ1v) is 11.3. The predicted octanol–water partition coefficient (Wildman–Crippen LogP) is 4.29. The van der Waals surface area contributed by atoms with Crippen LogP contribution >= 0.6 is 24.4 Å². The molecular weight excluding hydrogens is 560 g/mol. The molecule has 0 aliphatic heterocycles. The first kappa shape index (κ1) is 33.6. The van der Waals surface area contributed by atoms with E-state index in [4.69, 9.17) is 10.8 Å². The smallest absolute Gasteiger partial charge is 0.753 e. The average Bonchev–Trinajstić information content (AvgIpc) is 3.52. The Balaban J connectivity index is 0.000000566. The number of hydrogen-bond acceptors (Lipinski definition) is 10. The van der Waals surface area contributed by atoms with Gasteiger partial charge in [0.15, 0.2) is 0 Å². The Morgan fingerprint density at radius 3 is 1.22 bits per heavy atom. The summed E-state index contributed by atoms with van der Waals surface area (Å²) in [6.45, 7) is 12.1. The van der Waals surface area contributed by atoms with E-state index < -0.39 is 0 Å². The number of isothiocyanates is 2. The fourth-order valence-corrected chi connectivity index (χ4v) is 2.19. The van der Waals surface area contributed by atoms with Gasteiger partial charge >= 0.3 is 17.1 Å². The van der Waals surface area contributed by atoms with Gasteiger partial charge in [0.05, 0.1) is 11.1 Å². The van der Waals surface area contributed by atoms with Crippen LogP contribution in [-0.4, -0.2) is 60.7 Å². The van der Waals surface area contributed by atoms with E-state index in [-0.39, 0.29) is 28.1 Å². The zero-order valence-electron chi connectivity index (χ0n) is 21.1. The molecule has 0 bridgehead atoms. The van der Waals surface area contributed by atoms with Crippen molar-refractivity contribution in [2.24, 2.45) is 0 Å². The van der Waals surface area contributed by atoms with Crippen LogP contribution in [-0.2, 0) is 28.1 Å². The molecule has 0 unspecified atom stereocenters. The summed E-state index contributed by atoms with van der Waals surface area (Å²) in [4.78, 5) is 11.5. The Morgan fingerprint density at radius 1 is 0.676 bits per heavy atom. The Morgan fingerprint density at radius 2 is 1.00 bits per heavy atom. The number of aromatic nitrogens is 10. The van der Waals surface area contributed by atoms with Gasteiger partial charge in [-0.15, -0.1) is 20.4 Å². The van der Waals surface area contributed by atoms with Gasteiger partial charge in [-0.1, -0.05) is 36.6 Å². The fourth-order valence-electron chi connectivity index (χ4n) is 2.19. The molecule has 0 amide bonds. The van der Waals surface area contributed by atoms with E-state index >= 15 is 0 Å². The largest absolute Gasteiger partial charge is 2.00 e. The molecule has 197 valence electrons. The van der Waals surface area contributed by atoms with Crippen LogP contribution in [0.25, 0.3) is 33.9 Å². The zero-order chi connectivity index (χ0) is 27.2. The van der Waals surface area contributed by atoms with Crippen molar-refractivity contribution in [2.45, 2.75) is 52.6 Å². The molecule has 0 aliphatic carbocycles. The van der Waals surface area contributed by atoms with E-state index in [0.717, 1.165) is 11.4 Å². The van der Waals surface area contributed by atoms with Crippen molar-refractivity contribution in [2.75, 3.05) is 0 Å². The number of pyridine rings is 2. The minimum absolute atomic E-state index is 0. The van der Waals surface area contributed by atoms with E-state index in [1.807, 2.05) is 77.9 Å². The molecule has 0 spiro atoms. The van der Waals surface area contributed by atoms with Gasteiger partial charge in [0.25, 0.3) is 0 Å². The van der Waals surface area contributed by atoms with Crippen LogP contribution in [0.15, 0.2) is 48.8 Å². The van der Waals surface area contributed by atoms with Crippen molar-refractivity contribution >= 4 is 34.8 Å². The van der Waals surface area contributed by atoms with Gasteiger partial charge in [-0.3, -0.25) is 9.97 Å². The number of thiocarbonyl (C=S) groups is 2. The summed E-state index contributed by atoms with van der Waals surface area (Å²) in [6.07, 6.45) is 3.43. The van der Waals surface area contributed by atoms with Crippen LogP contribution in [0.2, 0.25) is 0 Å². The second-order valence-electron chi connectivity index (χ2n) is 8.76. The Bertz CT molecular complexity index is 1150. The molecule has 0 saturated heterocycles. The Kier molecular flexibility index (Phi) is 14.8. The second kappa shape index (κ2) is 16.3. The topological polar surface area (TPSA) is 158 Å². The maximum atomic E-state index is 7.13. The number of rotatable bonds is 2. The maximum Gasteiger partial charge on any atom is 2.00 e. The molecule has 1 radical (unpaired) electrons. The van der Waals surface area contributed by atoms with E-state index in [0.29, 0.717) is 11.6 Å². The summed E-state index contributed by atoms with van der Waals surface area (Å²) in [5.41, 5.74) is 1.18. The summed E-state index contributed by atoms with van der Waals surface area (Å²) in [5.74, 6) is 1.12. The third-order valence-electron chi connectivity index (χ3n) is 3.82. The van der Waals surface area contributed by atoms with Crippen LogP contribution in [0.5, 0.6) is 0 Å². The quantitative estimate of drug-likeness (QED) is 0.189. The molecule has 0 saturated carbocycles. The summed E-state index contributed by atoms with van der Waals surface area (Å²) in [5, 5.41) is 41.4. The van der Waals surface area contributed by atoms with Gasteiger partial charge in [0.2, 0.25) is 11.6 Å². The van der Waals surface area contributed by atoms with Crippen LogP contribution in [0, 0.1) is 0 Å². The van der Waals surface area contributed by atoms with E-state index in [9.17, 15) is 0 Å². The third kappa shape index (κ3) is 11.9. The van der Waals surface area contributed by atoms with Crippen LogP contribution < -0.4 is 0 Å². The van der Waals surface area contributed by atoms with Gasteiger partial charge in [-0.05, 0) is 76.2 Å². The molecule has 4 heterocycles. The second-order valence-corrected chi connectivity index (χ2v) is 9.12. The molecule has 0 aliphatic rings. The normalized spacial score (nSPS) is 9.89. The van der Waals surface area contributed by atoms with Gasteiger partial charge in [0.1, 0.15) is 11.4 Å². The molecule has 12 nitrogen and oxygen atoms in total. The summed E-state index contributed by atoms with van der Waals surface area (Å²) in [6, 6.07) is 11.3. The minimum Gasteiger partial charge on any atom is -0.753 e. The SMILES string of the molecule is CC(C)(C)n1nnc(-c2ccccn2)n1.CC(C)(C)n1nnc(-c2ccccn2)n1.[Cu+2].[N-]=C=S.[N-]=C=S. The van der Waals surface area contributed by atoms with Gasteiger partial charge in [-0.25, -0.2) is 0 Å². The van der Waals surface area contributed by atoms with E-state index in [1.54, 1.807) is 22.0 Å². The molecule has 4 aromatic rings. The number of nitrogens with zero attached hydrogens (tertiary/aromatic N) is 12. The minimum atomic E-state index is -0.153. The first-order valence-electron chi connectivity index (χ1n) is 10.4. The summed E-state index contributed by atoms with van der Waals surface area (Å²) < 4.78 is 0. The fraction of sp³-hybridized carbons (Fsp3) is 0.364. The average molecular weight is 586 g/mol. The molecular formula is C22H26CuN12S2. The van der Waals surface area contributed by atoms with Crippen molar-refractivity contribution < 1.29 is 17.1 Å². The monoisotopic (exact) mass is 585 g/mol. The van der Waals surface area contributed by atoms with Crippen LogP contribution in [0.3, 0.4) is 0 Å². The van der Waals surface area contributed by atoms with Crippen molar-refractivity contribution in [3.05, 3.63) is 59.6 Å². The Labute approximate surface area is 236 Å². The Hall–Kier alpha value is -3.44. The van der Waals surface area contributed by atoms with Crippen LogP contribution in [0.4, 0.5) is 0 Å². The van der Waals surface area contributed by atoms with Crippen molar-refractivity contribution in [1.82, 2.24) is 50.4 Å². The number of tetrazole rings is 2. The molecule has 4 aromatic heterocycles. The summed E-state index contributed by atoms with van der Waals surface area (Å²) >= 11 is 7.40. The van der Waals surface area contributed by atoms with Crippen molar-refractivity contribution in [3.8, 4) is 23.0 Å². The molecule has 4 rings (SSSR count). The predicted molar refractivity (Wildman–Crippen MR) is 144 cm³/mol. The molecule has 0 fully saturated rings. The molecule has 0 N–H and O–H groups in total. The maximum absolute atomic E-state index is 7.13. The summed E-state index contributed by atoms with van der Waals surface area (Å²) in [7, 11) is 0. The molecule has 37 heavy (non-hydrogen) atoms. The first-order chi connectivity index (χ1) is 17.0. The molecule has 15 heteroatoms. The van der Waals surface area contributed by atoms with Gasteiger partial charge in [-0.2, -0.15) is 19.9 Å².